The van der Waals surface area contributed by atoms with Crippen molar-refractivity contribution in [3.05, 3.63) is 0 Å². The van der Waals surface area contributed by atoms with E-state index in [9.17, 15) is 0 Å². The summed E-state index contributed by atoms with van der Waals surface area (Å²) >= 11 is 0. The summed E-state index contributed by atoms with van der Waals surface area (Å²) in [6.45, 7) is 13.2. The van der Waals surface area contributed by atoms with Crippen molar-refractivity contribution < 1.29 is 9.47 Å². The molecule has 0 N–H and O–H groups in total. The van der Waals surface area contributed by atoms with E-state index in [1.807, 2.05) is 0 Å². The average Bonchev–Trinajstić information content (AvgIpc) is 2.27. The first-order valence-corrected chi connectivity index (χ1v) is 8.67. The predicted octanol–water partition coefficient (Wildman–Crippen LogP) is 3.86. The van der Waals surface area contributed by atoms with Crippen LogP contribution >= 0.6 is 0 Å². The van der Waals surface area contributed by atoms with Crippen LogP contribution in [-0.4, -0.2) is 48.4 Å². The Kier molecular flexibility index (Phi) is 5.38. The van der Waals surface area contributed by atoms with Crippen molar-refractivity contribution >= 4 is 0 Å². The van der Waals surface area contributed by atoms with Gasteiger partial charge in [-0.25, -0.2) is 0 Å². The van der Waals surface area contributed by atoms with E-state index in [2.05, 4.69) is 46.6 Å². The van der Waals surface area contributed by atoms with Gasteiger partial charge in [0.05, 0.1) is 23.4 Å². The van der Waals surface area contributed by atoms with Crippen LogP contribution in [0.2, 0.25) is 0 Å². The molecule has 0 spiro atoms. The van der Waals surface area contributed by atoms with Crippen LogP contribution in [0.4, 0.5) is 0 Å². The summed E-state index contributed by atoms with van der Waals surface area (Å²) in [5.41, 5.74) is 0.0183. The number of likely N-dealkylation sites (N-methyl/N-ethyl adjacent to an activating group) is 1. The third-order valence-corrected chi connectivity index (χ3v) is 4.61. The van der Waals surface area contributed by atoms with Crippen LogP contribution in [-0.2, 0) is 9.47 Å². The van der Waals surface area contributed by atoms with Gasteiger partial charge in [0.25, 0.3) is 0 Å². The molecular formula is C18H35NO2. The minimum absolute atomic E-state index is 0.00383. The minimum atomic E-state index is -0.00383. The van der Waals surface area contributed by atoms with E-state index in [-0.39, 0.29) is 11.2 Å². The van der Waals surface area contributed by atoms with Crippen molar-refractivity contribution in [3.8, 4) is 0 Å². The molecule has 3 nitrogen and oxygen atoms in total. The number of hydrogen-bond acceptors (Lipinski definition) is 3. The van der Waals surface area contributed by atoms with E-state index in [0.29, 0.717) is 12.2 Å². The molecule has 2 fully saturated rings. The highest BCUT2D eigenvalue weighted by atomic mass is 16.5. The van der Waals surface area contributed by atoms with Crippen LogP contribution in [0.25, 0.3) is 0 Å². The standard InChI is InChI=1S/C18H35NO2/c1-17(2,3)20-15-9-7-14(8-10-15)11-18(4,5)21-16-12-19(6)13-16/h14-16H,7-13H2,1-6H3. The van der Waals surface area contributed by atoms with Crippen LogP contribution in [0, 0.1) is 5.92 Å². The third-order valence-electron chi connectivity index (χ3n) is 4.61. The van der Waals surface area contributed by atoms with Gasteiger partial charge in [0.15, 0.2) is 0 Å². The van der Waals surface area contributed by atoms with Crippen molar-refractivity contribution in [1.82, 2.24) is 4.90 Å². The molecule has 0 radical (unpaired) electrons. The lowest BCUT2D eigenvalue weighted by atomic mass is 9.80. The van der Waals surface area contributed by atoms with Gasteiger partial charge in [-0.05, 0) is 79.7 Å². The number of rotatable bonds is 5. The van der Waals surface area contributed by atoms with E-state index in [0.717, 1.165) is 19.0 Å². The second-order valence-electron chi connectivity index (χ2n) is 8.80. The van der Waals surface area contributed by atoms with Crippen LogP contribution in [0.3, 0.4) is 0 Å². The lowest BCUT2D eigenvalue weighted by Gasteiger charge is -2.43. The molecule has 0 aromatic heterocycles. The molecule has 1 saturated carbocycles. The Balaban J connectivity index is 1.70. The SMILES string of the molecule is CN1CC(OC(C)(C)CC2CCC(OC(C)(C)C)CC2)C1. The molecule has 2 rings (SSSR count). The number of nitrogens with zero attached hydrogens (tertiary/aromatic N) is 1. The molecular weight excluding hydrogens is 262 g/mol. The topological polar surface area (TPSA) is 21.7 Å². The number of hydrogen-bond donors (Lipinski definition) is 0. The van der Waals surface area contributed by atoms with Gasteiger partial charge in [0.2, 0.25) is 0 Å². The maximum absolute atomic E-state index is 6.28. The van der Waals surface area contributed by atoms with Gasteiger partial charge >= 0.3 is 0 Å². The molecule has 3 heteroatoms. The molecule has 0 aromatic rings. The predicted molar refractivity (Wildman–Crippen MR) is 87.7 cm³/mol. The van der Waals surface area contributed by atoms with Crippen LogP contribution < -0.4 is 0 Å². The molecule has 0 aromatic carbocycles. The molecule has 1 aliphatic carbocycles. The molecule has 1 aliphatic heterocycles. The minimum Gasteiger partial charge on any atom is -0.373 e. The Morgan fingerprint density at radius 2 is 1.43 bits per heavy atom. The molecule has 0 amide bonds. The summed E-state index contributed by atoms with van der Waals surface area (Å²) in [6, 6.07) is 0. The number of ether oxygens (including phenoxy) is 2. The summed E-state index contributed by atoms with van der Waals surface area (Å²) in [7, 11) is 2.16. The van der Waals surface area contributed by atoms with Crippen molar-refractivity contribution in [3.63, 3.8) is 0 Å². The van der Waals surface area contributed by atoms with Gasteiger partial charge in [-0.3, -0.25) is 0 Å². The van der Waals surface area contributed by atoms with Crippen LogP contribution in [0.1, 0.15) is 66.7 Å². The smallest absolute Gasteiger partial charge is 0.0835 e. The molecule has 2 aliphatic rings. The molecule has 1 heterocycles. The van der Waals surface area contributed by atoms with Crippen molar-refractivity contribution in [1.29, 1.82) is 0 Å². The fourth-order valence-electron chi connectivity index (χ4n) is 3.86. The van der Waals surface area contributed by atoms with E-state index in [1.54, 1.807) is 0 Å². The summed E-state index contributed by atoms with van der Waals surface area (Å²) in [6.07, 6.45) is 7.11. The first-order chi connectivity index (χ1) is 9.63. The van der Waals surface area contributed by atoms with E-state index in [1.165, 1.54) is 32.1 Å². The zero-order valence-electron chi connectivity index (χ0n) is 14.9. The Morgan fingerprint density at radius 1 is 0.857 bits per heavy atom. The lowest BCUT2D eigenvalue weighted by molar-refractivity contribution is -0.138. The number of likely N-dealkylation sites (tertiary alicyclic amines) is 1. The van der Waals surface area contributed by atoms with Gasteiger partial charge < -0.3 is 14.4 Å². The normalized spacial score (nSPS) is 29.4. The lowest BCUT2D eigenvalue weighted by Crippen LogP contribution is -2.53. The van der Waals surface area contributed by atoms with Gasteiger partial charge in [0, 0.05) is 13.1 Å². The Morgan fingerprint density at radius 3 is 1.90 bits per heavy atom. The van der Waals surface area contributed by atoms with Gasteiger partial charge in [-0.15, -0.1) is 0 Å². The van der Waals surface area contributed by atoms with Gasteiger partial charge in [0.1, 0.15) is 0 Å². The zero-order chi connectivity index (χ0) is 15.7. The maximum atomic E-state index is 6.28. The molecule has 1 saturated heterocycles. The molecule has 124 valence electrons. The molecule has 0 atom stereocenters. The van der Waals surface area contributed by atoms with Gasteiger partial charge in [-0.1, -0.05) is 0 Å². The van der Waals surface area contributed by atoms with E-state index in [4.69, 9.17) is 9.47 Å². The fraction of sp³-hybridized carbons (Fsp3) is 1.00. The van der Waals surface area contributed by atoms with Gasteiger partial charge in [-0.2, -0.15) is 0 Å². The van der Waals surface area contributed by atoms with E-state index < -0.39 is 0 Å². The van der Waals surface area contributed by atoms with Crippen LogP contribution in [0.5, 0.6) is 0 Å². The molecule has 0 unspecified atom stereocenters. The Labute approximate surface area is 131 Å². The maximum Gasteiger partial charge on any atom is 0.0835 e. The average molecular weight is 297 g/mol. The monoisotopic (exact) mass is 297 g/mol. The third kappa shape index (κ3) is 5.88. The van der Waals surface area contributed by atoms with Crippen LogP contribution in [0.15, 0.2) is 0 Å². The van der Waals surface area contributed by atoms with Crippen molar-refractivity contribution in [2.45, 2.75) is 90.1 Å². The summed E-state index contributed by atoms with van der Waals surface area (Å²) in [5.74, 6) is 0.803. The highest BCUT2D eigenvalue weighted by molar-refractivity contribution is 4.85. The zero-order valence-corrected chi connectivity index (χ0v) is 14.9. The van der Waals surface area contributed by atoms with Crippen molar-refractivity contribution in [2.75, 3.05) is 20.1 Å². The summed E-state index contributed by atoms with van der Waals surface area (Å²) in [5, 5.41) is 0. The van der Waals surface area contributed by atoms with E-state index >= 15 is 0 Å². The summed E-state index contributed by atoms with van der Waals surface area (Å²) < 4.78 is 12.4. The first kappa shape index (κ1) is 17.2. The quantitative estimate of drug-likeness (QED) is 0.769. The van der Waals surface area contributed by atoms with Crippen molar-refractivity contribution in [2.24, 2.45) is 5.92 Å². The highest BCUT2D eigenvalue weighted by Gasteiger charge is 2.34. The first-order valence-electron chi connectivity index (χ1n) is 8.67. The molecule has 21 heavy (non-hydrogen) atoms. The fourth-order valence-corrected chi connectivity index (χ4v) is 3.86. The molecule has 0 bridgehead atoms. The summed E-state index contributed by atoms with van der Waals surface area (Å²) in [4.78, 5) is 2.32. The highest BCUT2D eigenvalue weighted by Crippen LogP contribution is 2.35. The second-order valence-corrected chi connectivity index (χ2v) is 8.80. The Hall–Kier alpha value is -0.120. The second kappa shape index (κ2) is 6.55. The Bertz CT molecular complexity index is 321. The largest absolute Gasteiger partial charge is 0.373 e.